The average Bonchev–Trinajstić information content (AvgIpc) is 2.67. The standard InChI is InChI=1S/C24H33F2N/c1-2-3-4-5-6-7-17-8-9-19-13-20(11-10-18(19)12-17)21-14-23(25)22(16-27)24(26)15-21/h14-15,17-20H,2-13H2,1H3. The van der Waals surface area contributed by atoms with Gasteiger partial charge in [0, 0.05) is 0 Å². The van der Waals surface area contributed by atoms with Crippen LogP contribution in [0.3, 0.4) is 0 Å². The molecule has 1 nitrogen and oxygen atoms in total. The van der Waals surface area contributed by atoms with E-state index in [9.17, 15) is 8.78 Å². The molecule has 2 fully saturated rings. The molecule has 0 amide bonds. The van der Waals surface area contributed by atoms with Crippen LogP contribution in [0, 0.1) is 40.7 Å². The Morgan fingerprint density at radius 1 is 0.926 bits per heavy atom. The molecule has 3 heteroatoms. The Labute approximate surface area is 163 Å². The highest BCUT2D eigenvalue weighted by atomic mass is 19.1. The number of fused-ring (bicyclic) bond motifs is 1. The Balaban J connectivity index is 1.52. The minimum absolute atomic E-state index is 0.244. The topological polar surface area (TPSA) is 23.8 Å². The second-order valence-corrected chi connectivity index (χ2v) is 8.88. The van der Waals surface area contributed by atoms with Gasteiger partial charge in [-0.1, -0.05) is 51.9 Å². The molecule has 2 saturated carbocycles. The van der Waals surface area contributed by atoms with E-state index in [2.05, 4.69) is 6.92 Å². The van der Waals surface area contributed by atoms with Crippen molar-refractivity contribution in [3.05, 3.63) is 34.9 Å². The minimum Gasteiger partial charge on any atom is -0.205 e. The Hall–Kier alpha value is -1.43. The van der Waals surface area contributed by atoms with Gasteiger partial charge in [0.2, 0.25) is 0 Å². The van der Waals surface area contributed by atoms with E-state index in [1.165, 1.54) is 76.3 Å². The van der Waals surface area contributed by atoms with Crippen molar-refractivity contribution < 1.29 is 8.78 Å². The number of rotatable bonds is 7. The van der Waals surface area contributed by atoms with Crippen LogP contribution in [-0.2, 0) is 0 Å². The number of benzene rings is 1. The van der Waals surface area contributed by atoms with E-state index >= 15 is 0 Å². The first-order valence-corrected chi connectivity index (χ1v) is 11.0. The van der Waals surface area contributed by atoms with E-state index < -0.39 is 17.2 Å². The molecular weight excluding hydrogens is 340 g/mol. The van der Waals surface area contributed by atoms with Gasteiger partial charge in [0.25, 0.3) is 0 Å². The zero-order chi connectivity index (χ0) is 19.2. The van der Waals surface area contributed by atoms with Gasteiger partial charge in [0.1, 0.15) is 23.3 Å². The molecule has 1 aromatic carbocycles. The van der Waals surface area contributed by atoms with Crippen molar-refractivity contribution in [2.45, 2.75) is 89.9 Å². The summed E-state index contributed by atoms with van der Waals surface area (Å²) >= 11 is 0. The third-order valence-corrected chi connectivity index (χ3v) is 7.09. The molecule has 0 N–H and O–H groups in total. The highest BCUT2D eigenvalue weighted by molar-refractivity contribution is 5.36. The number of unbranched alkanes of at least 4 members (excludes halogenated alkanes) is 4. The maximum Gasteiger partial charge on any atom is 0.144 e. The summed E-state index contributed by atoms with van der Waals surface area (Å²) in [6.07, 6.45) is 15.5. The van der Waals surface area contributed by atoms with Gasteiger partial charge >= 0.3 is 0 Å². The molecule has 0 aromatic heterocycles. The van der Waals surface area contributed by atoms with E-state index in [1.54, 1.807) is 6.07 Å². The summed E-state index contributed by atoms with van der Waals surface area (Å²) in [4.78, 5) is 0. The molecule has 148 valence electrons. The molecule has 4 unspecified atom stereocenters. The van der Waals surface area contributed by atoms with Gasteiger partial charge < -0.3 is 0 Å². The molecule has 0 aliphatic heterocycles. The van der Waals surface area contributed by atoms with Crippen LogP contribution in [0.25, 0.3) is 0 Å². The van der Waals surface area contributed by atoms with Crippen LogP contribution in [-0.4, -0.2) is 0 Å². The van der Waals surface area contributed by atoms with Crippen LogP contribution in [0.1, 0.15) is 101 Å². The molecule has 0 radical (unpaired) electrons. The van der Waals surface area contributed by atoms with E-state index in [0.29, 0.717) is 5.92 Å². The summed E-state index contributed by atoms with van der Waals surface area (Å²) in [5.41, 5.74) is 0.298. The maximum absolute atomic E-state index is 14.0. The summed E-state index contributed by atoms with van der Waals surface area (Å²) in [7, 11) is 0. The first kappa shape index (κ1) is 20.3. The Bertz CT molecular complexity index is 640. The molecule has 3 rings (SSSR count). The monoisotopic (exact) mass is 373 g/mol. The maximum atomic E-state index is 14.0. The van der Waals surface area contributed by atoms with Crippen LogP contribution in [0.2, 0.25) is 0 Å². The fourth-order valence-electron chi connectivity index (χ4n) is 5.52. The van der Waals surface area contributed by atoms with Crippen LogP contribution in [0.5, 0.6) is 0 Å². The van der Waals surface area contributed by atoms with E-state index in [-0.39, 0.29) is 5.92 Å². The first-order valence-electron chi connectivity index (χ1n) is 11.0. The zero-order valence-electron chi connectivity index (χ0n) is 16.7. The van der Waals surface area contributed by atoms with Crippen molar-refractivity contribution in [2.24, 2.45) is 17.8 Å². The summed E-state index contributed by atoms with van der Waals surface area (Å²) in [6.45, 7) is 2.26. The smallest absolute Gasteiger partial charge is 0.144 e. The molecule has 0 saturated heterocycles. The largest absolute Gasteiger partial charge is 0.205 e. The molecular formula is C24H33F2N. The number of nitrogens with zero attached hydrogens (tertiary/aromatic N) is 1. The number of halogens is 2. The first-order chi connectivity index (χ1) is 13.1. The van der Waals surface area contributed by atoms with Crippen LogP contribution < -0.4 is 0 Å². The van der Waals surface area contributed by atoms with Gasteiger partial charge in [-0.05, 0) is 73.5 Å². The quantitative estimate of drug-likeness (QED) is 0.454. The second kappa shape index (κ2) is 9.67. The Morgan fingerprint density at radius 3 is 2.30 bits per heavy atom. The van der Waals surface area contributed by atoms with Gasteiger partial charge in [-0.15, -0.1) is 0 Å². The third kappa shape index (κ3) is 5.09. The van der Waals surface area contributed by atoms with Gasteiger partial charge in [-0.2, -0.15) is 5.26 Å². The molecule has 2 aliphatic rings. The van der Waals surface area contributed by atoms with Crippen LogP contribution >= 0.6 is 0 Å². The highest BCUT2D eigenvalue weighted by Gasteiger charge is 2.36. The van der Waals surface area contributed by atoms with Crippen molar-refractivity contribution in [3.8, 4) is 6.07 Å². The molecule has 0 spiro atoms. The van der Waals surface area contributed by atoms with E-state index in [4.69, 9.17) is 5.26 Å². The summed E-state index contributed by atoms with van der Waals surface area (Å²) in [5, 5.41) is 8.85. The molecule has 4 atom stereocenters. The van der Waals surface area contributed by atoms with Crippen LogP contribution in [0.15, 0.2) is 12.1 Å². The SMILES string of the molecule is CCCCCCCC1CCC2CC(c3cc(F)c(C#N)c(F)c3)CCC2C1. The summed E-state index contributed by atoms with van der Waals surface area (Å²) in [5.74, 6) is 1.25. The Kier molecular flexibility index (Phi) is 7.27. The fraction of sp³-hybridized carbons (Fsp3) is 0.708. The molecule has 0 bridgehead atoms. The highest BCUT2D eigenvalue weighted by Crippen LogP contribution is 2.48. The minimum atomic E-state index is -0.707. The number of hydrogen-bond donors (Lipinski definition) is 0. The van der Waals surface area contributed by atoms with Gasteiger partial charge in [0.15, 0.2) is 0 Å². The summed E-state index contributed by atoms with van der Waals surface area (Å²) < 4.78 is 28.0. The van der Waals surface area contributed by atoms with Crippen molar-refractivity contribution in [3.63, 3.8) is 0 Å². The van der Waals surface area contributed by atoms with Gasteiger partial charge in [-0.3, -0.25) is 0 Å². The van der Waals surface area contributed by atoms with Crippen molar-refractivity contribution >= 4 is 0 Å². The van der Waals surface area contributed by atoms with Crippen LogP contribution in [0.4, 0.5) is 8.78 Å². The van der Waals surface area contributed by atoms with Crippen molar-refractivity contribution in [1.82, 2.24) is 0 Å². The predicted molar refractivity (Wildman–Crippen MR) is 105 cm³/mol. The third-order valence-electron chi connectivity index (χ3n) is 7.09. The second-order valence-electron chi connectivity index (χ2n) is 8.88. The number of nitriles is 1. The van der Waals surface area contributed by atoms with Crippen molar-refractivity contribution in [1.29, 1.82) is 5.26 Å². The zero-order valence-corrected chi connectivity index (χ0v) is 16.7. The molecule has 0 heterocycles. The van der Waals surface area contributed by atoms with Crippen molar-refractivity contribution in [2.75, 3.05) is 0 Å². The number of hydrogen-bond acceptors (Lipinski definition) is 1. The normalized spacial score (nSPS) is 27.8. The predicted octanol–water partition coefficient (Wildman–Crippen LogP) is 7.50. The molecule has 27 heavy (non-hydrogen) atoms. The lowest BCUT2D eigenvalue weighted by Gasteiger charge is -2.42. The lowest BCUT2D eigenvalue weighted by molar-refractivity contribution is 0.113. The molecule has 1 aromatic rings. The fourth-order valence-corrected chi connectivity index (χ4v) is 5.52. The molecule has 2 aliphatic carbocycles. The Morgan fingerprint density at radius 2 is 1.59 bits per heavy atom. The van der Waals surface area contributed by atoms with E-state index in [1.807, 2.05) is 0 Å². The van der Waals surface area contributed by atoms with Gasteiger partial charge in [0.05, 0.1) is 0 Å². The van der Waals surface area contributed by atoms with E-state index in [0.717, 1.165) is 30.2 Å². The lowest BCUT2D eigenvalue weighted by Crippen LogP contribution is -2.30. The summed E-state index contributed by atoms with van der Waals surface area (Å²) in [6, 6.07) is 4.42. The lowest BCUT2D eigenvalue weighted by atomic mass is 9.63. The van der Waals surface area contributed by atoms with Gasteiger partial charge in [-0.25, -0.2) is 8.78 Å². The average molecular weight is 374 g/mol.